The summed E-state index contributed by atoms with van der Waals surface area (Å²) in [5, 5.41) is 7.23. The number of morpholine rings is 1. The van der Waals surface area contributed by atoms with Crippen molar-refractivity contribution in [1.29, 1.82) is 0 Å². The number of hydrogen-bond acceptors (Lipinski definition) is 5. The number of ether oxygens (including phenoxy) is 2. The molecule has 1 aromatic carbocycles. The number of nitrogens with one attached hydrogen (secondary N) is 2. The molecule has 170 valence electrons. The molecule has 0 radical (unpaired) electrons. The molecule has 1 unspecified atom stereocenters. The number of benzene rings is 1. The molecule has 2 rings (SSSR count). The molecule has 0 spiro atoms. The van der Waals surface area contributed by atoms with Crippen molar-refractivity contribution >= 4 is 47.4 Å². The molecular weight excluding hydrogens is 521 g/mol. The third-order valence-electron chi connectivity index (χ3n) is 4.40. The van der Waals surface area contributed by atoms with E-state index >= 15 is 0 Å². The van der Waals surface area contributed by atoms with Crippen LogP contribution in [-0.2, 0) is 9.53 Å². The van der Waals surface area contributed by atoms with Crippen LogP contribution in [0.5, 0.6) is 5.75 Å². The number of rotatable bonds is 9. The number of likely N-dealkylation sites (N-methyl/N-ethyl adjacent to an activating group) is 1. The number of hydrogen-bond donors (Lipinski definition) is 2. The van der Waals surface area contributed by atoms with Crippen molar-refractivity contribution in [2.24, 2.45) is 4.99 Å². The van der Waals surface area contributed by atoms with Gasteiger partial charge in [0, 0.05) is 45.3 Å². The Bertz CT molecular complexity index is 654. The Balaban J connectivity index is 0.00000450. The molecule has 1 saturated heterocycles. The normalized spacial score (nSPS) is 15.7. The Morgan fingerprint density at radius 1 is 1.27 bits per heavy atom. The van der Waals surface area contributed by atoms with Crippen LogP contribution in [0.2, 0.25) is 5.02 Å². The lowest BCUT2D eigenvalue weighted by molar-refractivity contribution is -0.127. The maximum atomic E-state index is 11.9. The second-order valence-corrected chi connectivity index (χ2v) is 7.53. The summed E-state index contributed by atoms with van der Waals surface area (Å²) in [6.07, 6.45) is -0.0908. The number of aliphatic imine (C=N–C) groups is 1. The number of nitrogens with zero attached hydrogens (tertiary/aromatic N) is 3. The number of carbonyl (C=O) groups excluding carboxylic acids is 1. The van der Waals surface area contributed by atoms with Gasteiger partial charge in [-0.05, 0) is 31.2 Å². The highest BCUT2D eigenvalue weighted by Crippen LogP contribution is 2.16. The fourth-order valence-electron chi connectivity index (χ4n) is 2.65. The summed E-state index contributed by atoms with van der Waals surface area (Å²) in [5.74, 6) is 1.30. The predicted molar refractivity (Wildman–Crippen MR) is 131 cm³/mol. The zero-order valence-corrected chi connectivity index (χ0v) is 21.0. The minimum absolute atomic E-state index is 0. The molecular formula is C20H33ClIN5O3. The molecule has 1 heterocycles. The summed E-state index contributed by atoms with van der Waals surface area (Å²) < 4.78 is 11.3. The number of guanidine groups is 1. The van der Waals surface area contributed by atoms with Crippen LogP contribution in [0, 0.1) is 0 Å². The average Bonchev–Trinajstić information content (AvgIpc) is 2.71. The van der Waals surface area contributed by atoms with Crippen LogP contribution < -0.4 is 15.4 Å². The van der Waals surface area contributed by atoms with E-state index in [4.69, 9.17) is 21.1 Å². The van der Waals surface area contributed by atoms with Gasteiger partial charge in [0.1, 0.15) is 18.4 Å². The quantitative estimate of drug-likeness (QED) is 0.275. The van der Waals surface area contributed by atoms with Gasteiger partial charge in [-0.25, -0.2) is 4.99 Å². The zero-order valence-electron chi connectivity index (χ0n) is 17.9. The minimum atomic E-state index is -0.0908. The summed E-state index contributed by atoms with van der Waals surface area (Å²) in [6.45, 7) is 7.65. The number of amides is 1. The third-order valence-corrected chi connectivity index (χ3v) is 4.66. The van der Waals surface area contributed by atoms with Gasteiger partial charge in [0.15, 0.2) is 5.96 Å². The minimum Gasteiger partial charge on any atom is -0.489 e. The molecule has 1 aromatic rings. The van der Waals surface area contributed by atoms with Gasteiger partial charge in [-0.15, -0.1) is 24.0 Å². The van der Waals surface area contributed by atoms with E-state index in [1.165, 1.54) is 4.90 Å². The first-order chi connectivity index (χ1) is 13.9. The Labute approximate surface area is 201 Å². The molecule has 2 N–H and O–H groups in total. The van der Waals surface area contributed by atoms with E-state index in [2.05, 4.69) is 20.5 Å². The van der Waals surface area contributed by atoms with Crippen molar-refractivity contribution < 1.29 is 14.3 Å². The van der Waals surface area contributed by atoms with Crippen molar-refractivity contribution in [3.8, 4) is 5.75 Å². The Morgan fingerprint density at radius 3 is 2.57 bits per heavy atom. The maximum Gasteiger partial charge on any atom is 0.243 e. The van der Waals surface area contributed by atoms with E-state index in [1.54, 1.807) is 26.2 Å². The molecule has 0 aliphatic carbocycles. The van der Waals surface area contributed by atoms with Crippen LogP contribution in [0.4, 0.5) is 0 Å². The van der Waals surface area contributed by atoms with Crippen molar-refractivity contribution in [1.82, 2.24) is 20.4 Å². The summed E-state index contributed by atoms with van der Waals surface area (Å²) >= 11 is 5.90. The monoisotopic (exact) mass is 553 g/mol. The third kappa shape index (κ3) is 10.6. The highest BCUT2D eigenvalue weighted by Gasteiger charge is 2.11. The summed E-state index contributed by atoms with van der Waals surface area (Å²) in [7, 11) is 3.44. The van der Waals surface area contributed by atoms with Gasteiger partial charge < -0.3 is 25.0 Å². The summed E-state index contributed by atoms with van der Waals surface area (Å²) in [4.78, 5) is 20.2. The van der Waals surface area contributed by atoms with E-state index in [0.29, 0.717) is 17.5 Å². The highest BCUT2D eigenvalue weighted by atomic mass is 127. The van der Waals surface area contributed by atoms with Gasteiger partial charge in [0.25, 0.3) is 0 Å². The number of carbonyl (C=O) groups is 1. The van der Waals surface area contributed by atoms with E-state index in [1.807, 2.05) is 19.1 Å². The number of halogens is 2. The molecule has 1 amide bonds. The highest BCUT2D eigenvalue weighted by molar-refractivity contribution is 14.0. The first kappa shape index (κ1) is 26.7. The first-order valence-corrected chi connectivity index (χ1v) is 10.3. The van der Waals surface area contributed by atoms with Gasteiger partial charge >= 0.3 is 0 Å². The molecule has 10 heteroatoms. The lowest BCUT2D eigenvalue weighted by Crippen LogP contribution is -2.46. The maximum absolute atomic E-state index is 11.9. The molecule has 30 heavy (non-hydrogen) atoms. The van der Waals surface area contributed by atoms with Gasteiger partial charge in [-0.2, -0.15) is 0 Å². The average molecular weight is 554 g/mol. The van der Waals surface area contributed by atoms with Gasteiger partial charge in [0.2, 0.25) is 5.91 Å². The fourth-order valence-corrected chi connectivity index (χ4v) is 2.77. The Kier molecular flexibility index (Phi) is 13.1. The molecule has 0 aromatic heterocycles. The van der Waals surface area contributed by atoms with Gasteiger partial charge in [-0.1, -0.05) is 11.6 Å². The summed E-state index contributed by atoms with van der Waals surface area (Å²) in [5.41, 5.74) is 0. The second kappa shape index (κ2) is 14.7. The van der Waals surface area contributed by atoms with Crippen molar-refractivity contribution in [2.45, 2.75) is 13.0 Å². The second-order valence-electron chi connectivity index (χ2n) is 7.10. The molecule has 0 saturated carbocycles. The lowest BCUT2D eigenvalue weighted by Gasteiger charge is -2.27. The van der Waals surface area contributed by atoms with Crippen LogP contribution in [-0.4, -0.2) is 94.3 Å². The largest absolute Gasteiger partial charge is 0.489 e. The van der Waals surface area contributed by atoms with Crippen LogP contribution in [0.1, 0.15) is 6.92 Å². The van der Waals surface area contributed by atoms with E-state index < -0.39 is 0 Å². The van der Waals surface area contributed by atoms with Crippen LogP contribution in [0.3, 0.4) is 0 Å². The molecule has 1 aliphatic heterocycles. The molecule has 1 fully saturated rings. The van der Waals surface area contributed by atoms with Crippen LogP contribution in [0.15, 0.2) is 29.3 Å². The molecule has 8 nitrogen and oxygen atoms in total. The molecule has 0 bridgehead atoms. The smallest absolute Gasteiger partial charge is 0.243 e. The van der Waals surface area contributed by atoms with Gasteiger partial charge in [-0.3, -0.25) is 9.69 Å². The fraction of sp³-hybridized carbons (Fsp3) is 0.600. The SMILES string of the molecule is CC(CNC(=NCC(=O)N(C)C)NCCN1CCOCC1)Oc1ccc(Cl)cc1.I. The van der Waals surface area contributed by atoms with Crippen molar-refractivity contribution in [2.75, 3.05) is 66.6 Å². The summed E-state index contributed by atoms with van der Waals surface area (Å²) in [6, 6.07) is 7.27. The van der Waals surface area contributed by atoms with Crippen molar-refractivity contribution in [3.05, 3.63) is 29.3 Å². The van der Waals surface area contributed by atoms with E-state index in [9.17, 15) is 4.79 Å². The van der Waals surface area contributed by atoms with Crippen LogP contribution >= 0.6 is 35.6 Å². The van der Waals surface area contributed by atoms with Crippen molar-refractivity contribution in [3.63, 3.8) is 0 Å². The molecule has 1 aliphatic rings. The Hall–Kier alpha value is -1.30. The van der Waals surface area contributed by atoms with E-state index in [0.717, 1.165) is 45.1 Å². The molecule has 1 atom stereocenters. The first-order valence-electron chi connectivity index (χ1n) is 9.88. The predicted octanol–water partition coefficient (Wildman–Crippen LogP) is 1.68. The topological polar surface area (TPSA) is 78.4 Å². The van der Waals surface area contributed by atoms with Crippen LogP contribution in [0.25, 0.3) is 0 Å². The standard InChI is InChI=1S/C20H32ClN5O3.HI/c1-16(29-18-6-4-17(21)5-7-18)14-23-20(24-15-19(27)25(2)3)22-8-9-26-10-12-28-13-11-26;/h4-7,16H,8-15H2,1-3H3,(H2,22,23,24);1H. The lowest BCUT2D eigenvalue weighted by atomic mass is 10.3. The van der Waals surface area contributed by atoms with E-state index in [-0.39, 0.29) is 42.5 Å². The Morgan fingerprint density at radius 2 is 1.93 bits per heavy atom. The van der Waals surface area contributed by atoms with Gasteiger partial charge in [0.05, 0.1) is 19.8 Å². The zero-order chi connectivity index (χ0) is 21.1.